The third-order valence-corrected chi connectivity index (χ3v) is 2.92. The molecule has 1 aromatic rings. The maximum atomic E-state index is 11.0. The van der Waals surface area contributed by atoms with E-state index < -0.39 is 10.0 Å². The Morgan fingerprint density at radius 3 is 2.35 bits per heavy atom. The van der Waals surface area contributed by atoms with E-state index in [9.17, 15) is 8.42 Å². The van der Waals surface area contributed by atoms with Gasteiger partial charge < -0.3 is 10.6 Å². The zero-order valence-electron chi connectivity index (χ0n) is 10.2. The van der Waals surface area contributed by atoms with Crippen molar-refractivity contribution in [3.8, 4) is 0 Å². The monoisotopic (exact) mass is 257 g/mol. The van der Waals surface area contributed by atoms with Crippen LogP contribution >= 0.6 is 0 Å². The molecule has 0 saturated heterocycles. The van der Waals surface area contributed by atoms with Crippen LogP contribution in [0.1, 0.15) is 6.42 Å². The molecule has 0 radical (unpaired) electrons. The lowest BCUT2D eigenvalue weighted by Gasteiger charge is -2.19. The quantitative estimate of drug-likeness (QED) is 0.792. The van der Waals surface area contributed by atoms with Crippen LogP contribution in [0.15, 0.2) is 24.3 Å². The van der Waals surface area contributed by atoms with E-state index in [1.807, 2.05) is 19.2 Å². The van der Waals surface area contributed by atoms with Gasteiger partial charge in [-0.1, -0.05) is 0 Å². The highest BCUT2D eigenvalue weighted by Crippen LogP contribution is 2.17. The lowest BCUT2D eigenvalue weighted by molar-refractivity contribution is 0.607. The summed E-state index contributed by atoms with van der Waals surface area (Å²) in [4.78, 5) is 2.08. The molecule has 0 aliphatic carbocycles. The smallest absolute Gasteiger partial charge is 0.229 e. The van der Waals surface area contributed by atoms with Crippen LogP contribution in [0.2, 0.25) is 0 Å². The van der Waals surface area contributed by atoms with Crippen molar-refractivity contribution in [2.24, 2.45) is 5.73 Å². The second kappa shape index (κ2) is 5.88. The second-order valence-electron chi connectivity index (χ2n) is 3.98. The van der Waals surface area contributed by atoms with Crippen molar-refractivity contribution >= 4 is 21.4 Å². The maximum absolute atomic E-state index is 11.0. The Balaban J connectivity index is 2.67. The van der Waals surface area contributed by atoms with E-state index in [1.165, 1.54) is 0 Å². The van der Waals surface area contributed by atoms with Crippen LogP contribution in [-0.2, 0) is 10.0 Å². The van der Waals surface area contributed by atoms with Crippen LogP contribution in [0.3, 0.4) is 0 Å². The van der Waals surface area contributed by atoms with Crippen molar-refractivity contribution in [1.82, 2.24) is 0 Å². The van der Waals surface area contributed by atoms with E-state index >= 15 is 0 Å². The molecule has 0 fully saturated rings. The Morgan fingerprint density at radius 1 is 1.29 bits per heavy atom. The van der Waals surface area contributed by atoms with E-state index in [4.69, 9.17) is 5.73 Å². The van der Waals surface area contributed by atoms with Crippen LogP contribution in [0.25, 0.3) is 0 Å². The van der Waals surface area contributed by atoms with Gasteiger partial charge in [-0.05, 0) is 37.2 Å². The van der Waals surface area contributed by atoms with Crippen LogP contribution in [-0.4, -0.2) is 34.8 Å². The molecule has 17 heavy (non-hydrogen) atoms. The maximum Gasteiger partial charge on any atom is 0.229 e. The molecular weight excluding hydrogens is 238 g/mol. The number of anilines is 2. The number of nitrogens with two attached hydrogens (primary N) is 1. The van der Waals surface area contributed by atoms with Gasteiger partial charge in [0.15, 0.2) is 0 Å². The Kier molecular flexibility index (Phi) is 4.77. The summed E-state index contributed by atoms with van der Waals surface area (Å²) < 4.78 is 24.5. The van der Waals surface area contributed by atoms with Gasteiger partial charge in [0.25, 0.3) is 0 Å². The van der Waals surface area contributed by atoms with Crippen LogP contribution in [0, 0.1) is 0 Å². The van der Waals surface area contributed by atoms with Crippen LogP contribution < -0.4 is 15.4 Å². The molecule has 96 valence electrons. The summed E-state index contributed by atoms with van der Waals surface area (Å²) in [5.41, 5.74) is 7.06. The summed E-state index contributed by atoms with van der Waals surface area (Å²) in [5.74, 6) is 0. The van der Waals surface area contributed by atoms with Crippen molar-refractivity contribution in [2.45, 2.75) is 6.42 Å². The number of benzene rings is 1. The fourth-order valence-corrected chi connectivity index (χ4v) is 2.02. The first-order chi connectivity index (χ1) is 7.92. The van der Waals surface area contributed by atoms with E-state index in [2.05, 4.69) is 9.62 Å². The molecule has 0 bridgehead atoms. The minimum Gasteiger partial charge on any atom is -0.375 e. The van der Waals surface area contributed by atoms with Gasteiger partial charge in [0, 0.05) is 25.0 Å². The molecule has 0 heterocycles. The fourth-order valence-electron chi connectivity index (χ4n) is 1.46. The third-order valence-electron chi connectivity index (χ3n) is 2.31. The molecule has 1 aromatic carbocycles. The van der Waals surface area contributed by atoms with E-state index in [0.29, 0.717) is 12.2 Å². The summed E-state index contributed by atoms with van der Waals surface area (Å²) in [6, 6.07) is 7.25. The largest absolute Gasteiger partial charge is 0.375 e. The molecule has 0 saturated carbocycles. The first-order valence-electron chi connectivity index (χ1n) is 5.41. The summed E-state index contributed by atoms with van der Waals surface area (Å²) in [6.07, 6.45) is 2.06. The number of nitrogens with zero attached hydrogens (tertiary/aromatic N) is 1. The Bertz CT molecular complexity index is 442. The van der Waals surface area contributed by atoms with Crippen molar-refractivity contribution < 1.29 is 8.42 Å². The molecule has 0 aromatic heterocycles. The van der Waals surface area contributed by atoms with E-state index in [0.717, 1.165) is 24.9 Å². The van der Waals surface area contributed by atoms with Gasteiger partial charge in [0.05, 0.1) is 6.26 Å². The van der Waals surface area contributed by atoms with Crippen molar-refractivity contribution in [1.29, 1.82) is 0 Å². The topological polar surface area (TPSA) is 75.4 Å². The summed E-state index contributed by atoms with van der Waals surface area (Å²) >= 11 is 0. The SMILES string of the molecule is CN(CCCN)c1ccc(NS(C)(=O)=O)cc1. The Hall–Kier alpha value is -1.27. The molecule has 0 aliphatic heterocycles. The summed E-state index contributed by atoms with van der Waals surface area (Å²) in [5, 5.41) is 0. The molecule has 6 heteroatoms. The molecule has 0 unspecified atom stereocenters. The standard InChI is InChI=1S/C11H19N3O2S/c1-14(9-3-8-12)11-6-4-10(5-7-11)13-17(2,15)16/h4-7,13H,3,8-9,12H2,1-2H3. The van der Waals surface area contributed by atoms with Crippen molar-refractivity contribution in [3.05, 3.63) is 24.3 Å². The van der Waals surface area contributed by atoms with Gasteiger partial charge in [0.1, 0.15) is 0 Å². The lowest BCUT2D eigenvalue weighted by atomic mass is 10.2. The third kappa shape index (κ3) is 5.06. The minimum absolute atomic E-state index is 0.573. The van der Waals surface area contributed by atoms with Gasteiger partial charge in [-0.25, -0.2) is 8.42 Å². The Labute approximate surface area is 103 Å². The number of sulfonamides is 1. The molecular formula is C11H19N3O2S. The zero-order valence-corrected chi connectivity index (χ0v) is 11.0. The summed E-state index contributed by atoms with van der Waals surface area (Å²) in [7, 11) is -1.22. The highest BCUT2D eigenvalue weighted by molar-refractivity contribution is 7.92. The first-order valence-corrected chi connectivity index (χ1v) is 7.30. The average Bonchev–Trinajstić information content (AvgIpc) is 2.24. The lowest BCUT2D eigenvalue weighted by Crippen LogP contribution is -2.20. The van der Waals surface area contributed by atoms with Crippen molar-refractivity contribution in [3.63, 3.8) is 0 Å². The molecule has 0 spiro atoms. The van der Waals surface area contributed by atoms with Crippen LogP contribution in [0.5, 0.6) is 0 Å². The fraction of sp³-hybridized carbons (Fsp3) is 0.455. The molecule has 0 aliphatic rings. The van der Waals surface area contributed by atoms with Gasteiger partial charge >= 0.3 is 0 Å². The molecule has 5 nitrogen and oxygen atoms in total. The highest BCUT2D eigenvalue weighted by Gasteiger charge is 2.03. The minimum atomic E-state index is -3.20. The van der Waals surface area contributed by atoms with Gasteiger partial charge in [-0.3, -0.25) is 4.72 Å². The normalized spacial score (nSPS) is 11.2. The number of hydrogen-bond acceptors (Lipinski definition) is 4. The zero-order chi connectivity index (χ0) is 12.9. The van der Waals surface area contributed by atoms with Crippen molar-refractivity contribution in [2.75, 3.05) is 36.0 Å². The average molecular weight is 257 g/mol. The molecule has 3 N–H and O–H groups in total. The van der Waals surface area contributed by atoms with Gasteiger partial charge in [-0.15, -0.1) is 0 Å². The Morgan fingerprint density at radius 2 is 1.88 bits per heavy atom. The predicted octanol–water partition coefficient (Wildman–Crippen LogP) is 0.843. The number of nitrogens with one attached hydrogen (secondary N) is 1. The molecule has 0 amide bonds. The number of hydrogen-bond donors (Lipinski definition) is 2. The summed E-state index contributed by atoms with van der Waals surface area (Å²) in [6.45, 7) is 1.55. The van der Waals surface area contributed by atoms with E-state index in [-0.39, 0.29) is 0 Å². The van der Waals surface area contributed by atoms with E-state index in [1.54, 1.807) is 12.1 Å². The van der Waals surface area contributed by atoms with Gasteiger partial charge in [-0.2, -0.15) is 0 Å². The molecule has 1 rings (SSSR count). The first kappa shape index (κ1) is 13.8. The number of rotatable bonds is 6. The predicted molar refractivity (Wildman–Crippen MR) is 71.8 cm³/mol. The molecule has 0 atom stereocenters. The van der Waals surface area contributed by atoms with Crippen LogP contribution in [0.4, 0.5) is 11.4 Å². The second-order valence-corrected chi connectivity index (χ2v) is 5.73. The van der Waals surface area contributed by atoms with Gasteiger partial charge in [0.2, 0.25) is 10.0 Å². The highest BCUT2D eigenvalue weighted by atomic mass is 32.2.